The number of unbranched alkanes of at least 4 members (excludes halogenated alkanes) is 4. The second-order valence-electron chi connectivity index (χ2n) is 8.32. The molecule has 214 valence electrons. The molecule has 0 saturated carbocycles. The van der Waals surface area contributed by atoms with Crippen LogP contribution in [-0.2, 0) is 23.9 Å². The van der Waals surface area contributed by atoms with E-state index >= 15 is 0 Å². The maximum Gasteiger partial charge on any atom is 0.305 e. The van der Waals surface area contributed by atoms with Crippen LogP contribution in [0.4, 0.5) is 0 Å². The van der Waals surface area contributed by atoms with Crippen molar-refractivity contribution in [2.45, 2.75) is 89.9 Å². The highest BCUT2D eigenvalue weighted by Crippen LogP contribution is 2.01. The number of hydrogen-bond acceptors (Lipinski definition) is 6. The number of aldehydes is 1. The van der Waals surface area contributed by atoms with E-state index in [1.165, 1.54) is 14.2 Å². The van der Waals surface area contributed by atoms with Crippen molar-refractivity contribution in [2.24, 2.45) is 0 Å². The summed E-state index contributed by atoms with van der Waals surface area (Å²) in [6.07, 6.45) is 37.6. The van der Waals surface area contributed by atoms with Gasteiger partial charge in [0.1, 0.15) is 6.29 Å². The van der Waals surface area contributed by atoms with E-state index in [-0.39, 0.29) is 18.5 Å². The Balaban J connectivity index is 0. The zero-order valence-electron chi connectivity index (χ0n) is 23.6. The Morgan fingerprint density at radius 1 is 0.526 bits per heavy atom. The molecule has 6 nitrogen and oxygen atoms in total. The molecule has 38 heavy (non-hydrogen) atoms. The van der Waals surface area contributed by atoms with Crippen molar-refractivity contribution in [2.75, 3.05) is 20.8 Å². The second kappa shape index (κ2) is 34.0. The van der Waals surface area contributed by atoms with Gasteiger partial charge in [0.05, 0.1) is 14.2 Å². The number of carbonyl (C=O) groups excluding carboxylic acids is 3. The van der Waals surface area contributed by atoms with Gasteiger partial charge in [-0.3, -0.25) is 9.59 Å². The summed E-state index contributed by atoms with van der Waals surface area (Å²) in [7, 11) is 2.83. The molecule has 0 fully saturated rings. The number of hydrogen-bond donors (Lipinski definition) is 1. The van der Waals surface area contributed by atoms with Gasteiger partial charge in [0.25, 0.3) is 0 Å². The Hall–Kier alpha value is -2.99. The molecule has 0 spiro atoms. The Labute approximate surface area is 230 Å². The molecule has 0 unspecified atom stereocenters. The first kappa shape index (κ1) is 37.2. The fourth-order valence-electron chi connectivity index (χ4n) is 2.86. The Kier molecular flexibility index (Phi) is 33.3. The summed E-state index contributed by atoms with van der Waals surface area (Å²) >= 11 is 0. The van der Waals surface area contributed by atoms with Crippen LogP contribution in [0.5, 0.6) is 0 Å². The van der Waals surface area contributed by atoms with E-state index in [2.05, 4.69) is 76.3 Å². The molecule has 0 bridgehead atoms. The van der Waals surface area contributed by atoms with E-state index in [0.717, 1.165) is 76.9 Å². The molecule has 0 atom stereocenters. The Morgan fingerprint density at radius 2 is 0.868 bits per heavy atom. The van der Waals surface area contributed by atoms with Gasteiger partial charge in [-0.2, -0.15) is 0 Å². The van der Waals surface area contributed by atoms with Crippen molar-refractivity contribution >= 4 is 18.2 Å². The largest absolute Gasteiger partial charge is 0.469 e. The zero-order chi connectivity index (χ0) is 28.4. The lowest BCUT2D eigenvalue weighted by Crippen LogP contribution is -1.98. The lowest BCUT2D eigenvalue weighted by molar-refractivity contribution is -0.141. The summed E-state index contributed by atoms with van der Waals surface area (Å²) in [5, 5.41) is 8.59. The molecule has 6 heteroatoms. The van der Waals surface area contributed by atoms with Crippen molar-refractivity contribution < 1.29 is 29.0 Å². The van der Waals surface area contributed by atoms with E-state index in [1.54, 1.807) is 0 Å². The first-order valence-electron chi connectivity index (χ1n) is 13.7. The summed E-state index contributed by atoms with van der Waals surface area (Å²) in [6, 6.07) is 0. The van der Waals surface area contributed by atoms with Gasteiger partial charge in [0, 0.05) is 25.9 Å². The second-order valence-corrected chi connectivity index (χ2v) is 8.32. The zero-order valence-corrected chi connectivity index (χ0v) is 23.6. The average molecular weight is 531 g/mol. The fourth-order valence-corrected chi connectivity index (χ4v) is 2.86. The van der Waals surface area contributed by atoms with Crippen LogP contribution in [0.25, 0.3) is 0 Å². The summed E-state index contributed by atoms with van der Waals surface area (Å²) in [6.45, 7) is 0.265. The molecule has 0 aromatic heterocycles. The number of aliphatic hydroxyl groups excluding tert-OH is 1. The molecule has 0 saturated heterocycles. The summed E-state index contributed by atoms with van der Waals surface area (Å²) in [5.74, 6) is -0.282. The summed E-state index contributed by atoms with van der Waals surface area (Å²) < 4.78 is 9.12. The van der Waals surface area contributed by atoms with Gasteiger partial charge >= 0.3 is 11.9 Å². The molecule has 0 rings (SSSR count). The van der Waals surface area contributed by atoms with E-state index in [0.29, 0.717) is 19.3 Å². The third-order valence-corrected chi connectivity index (χ3v) is 5.03. The van der Waals surface area contributed by atoms with Crippen molar-refractivity contribution in [1.82, 2.24) is 0 Å². The van der Waals surface area contributed by atoms with Crippen LogP contribution < -0.4 is 0 Å². The van der Waals surface area contributed by atoms with E-state index < -0.39 is 0 Å². The molecule has 0 aliphatic rings. The lowest BCUT2D eigenvalue weighted by atomic mass is 10.2. The standard InChI is InChI=1S/C16H26O3.C16H24O3/c2*1-19-16(18)14-12-10-8-6-4-2-3-5-7-9-11-13-15-17/h2-3,6-9,17H,4-5,10-15H2,1H3;2-3,6-9,15H,4-5,10-14H2,1H3/b2*3-2-,8-6-,9-7-. The molecule has 0 heterocycles. The molecule has 1 N–H and O–H groups in total. The minimum absolute atomic E-state index is 0.138. The number of aliphatic hydroxyl groups is 1. The Morgan fingerprint density at radius 3 is 1.21 bits per heavy atom. The smallest absolute Gasteiger partial charge is 0.305 e. The molecule has 0 aliphatic heterocycles. The minimum Gasteiger partial charge on any atom is -0.469 e. The number of allylic oxidation sites excluding steroid dienone is 12. The van der Waals surface area contributed by atoms with Crippen LogP contribution in [0.2, 0.25) is 0 Å². The van der Waals surface area contributed by atoms with Gasteiger partial charge in [0.15, 0.2) is 0 Å². The maximum absolute atomic E-state index is 10.8. The van der Waals surface area contributed by atoms with Crippen molar-refractivity contribution in [3.05, 3.63) is 72.9 Å². The molecule has 0 aromatic carbocycles. The normalized spacial score (nSPS) is 11.8. The maximum atomic E-state index is 10.8. The van der Waals surface area contributed by atoms with Gasteiger partial charge in [0.2, 0.25) is 0 Å². The molecule has 0 amide bonds. The molecular weight excluding hydrogens is 480 g/mol. The predicted octanol–water partition coefficient (Wildman–Crippen LogP) is 7.31. The highest BCUT2D eigenvalue weighted by molar-refractivity contribution is 5.69. The van der Waals surface area contributed by atoms with Crippen LogP contribution in [0.15, 0.2) is 72.9 Å². The number of ether oxygens (including phenoxy) is 2. The first-order chi connectivity index (χ1) is 18.6. The summed E-state index contributed by atoms with van der Waals surface area (Å²) in [5.41, 5.74) is 0. The monoisotopic (exact) mass is 530 g/mol. The van der Waals surface area contributed by atoms with Gasteiger partial charge in [-0.15, -0.1) is 0 Å². The van der Waals surface area contributed by atoms with Crippen molar-refractivity contribution in [3.8, 4) is 0 Å². The van der Waals surface area contributed by atoms with Crippen molar-refractivity contribution in [3.63, 3.8) is 0 Å². The van der Waals surface area contributed by atoms with Gasteiger partial charge in [-0.1, -0.05) is 72.9 Å². The topological polar surface area (TPSA) is 89.9 Å². The number of methoxy groups -OCH3 is 2. The van der Waals surface area contributed by atoms with E-state index in [1.807, 2.05) is 6.08 Å². The van der Waals surface area contributed by atoms with Crippen LogP contribution in [0.1, 0.15) is 89.9 Å². The molecule has 0 aromatic rings. The molecule has 0 radical (unpaired) electrons. The van der Waals surface area contributed by atoms with Gasteiger partial charge in [-0.05, 0) is 70.6 Å². The molecule has 0 aliphatic carbocycles. The highest BCUT2D eigenvalue weighted by atomic mass is 16.5. The average Bonchev–Trinajstić information content (AvgIpc) is 2.93. The lowest BCUT2D eigenvalue weighted by Gasteiger charge is -1.95. The third-order valence-electron chi connectivity index (χ3n) is 5.03. The van der Waals surface area contributed by atoms with Gasteiger partial charge < -0.3 is 19.4 Å². The summed E-state index contributed by atoms with van der Waals surface area (Å²) in [4.78, 5) is 31.7. The predicted molar refractivity (Wildman–Crippen MR) is 157 cm³/mol. The van der Waals surface area contributed by atoms with Crippen molar-refractivity contribution in [1.29, 1.82) is 0 Å². The quantitative estimate of drug-likeness (QED) is 0.0683. The number of esters is 2. The third kappa shape index (κ3) is 35.2. The fraction of sp³-hybridized carbons (Fsp3) is 0.531. The van der Waals surface area contributed by atoms with Crippen LogP contribution in [0.3, 0.4) is 0 Å². The van der Waals surface area contributed by atoms with Crippen LogP contribution >= 0.6 is 0 Å². The minimum atomic E-state index is -0.144. The molecular formula is C32H50O6. The van der Waals surface area contributed by atoms with Crippen LogP contribution in [-0.4, -0.2) is 44.2 Å². The van der Waals surface area contributed by atoms with E-state index in [4.69, 9.17) is 5.11 Å². The number of rotatable bonds is 22. The first-order valence-corrected chi connectivity index (χ1v) is 13.7. The Bertz CT molecular complexity index is 728. The number of carbonyl (C=O) groups is 3. The van der Waals surface area contributed by atoms with E-state index in [9.17, 15) is 14.4 Å². The highest BCUT2D eigenvalue weighted by Gasteiger charge is 1.97. The SMILES string of the molecule is COC(=O)CCC/C=C\C/C=C\C/C=C\CCC=O.COC(=O)CCC/C=C\C/C=C\C/C=C\CCCO. The van der Waals surface area contributed by atoms with Crippen LogP contribution in [0, 0.1) is 0 Å². The van der Waals surface area contributed by atoms with Gasteiger partial charge in [-0.25, -0.2) is 0 Å².